The molecule has 2 rings (SSSR count). The largest absolute Gasteiger partial charge is 0.374 e. The van der Waals surface area contributed by atoms with Crippen LogP contribution in [0.4, 0.5) is 0 Å². The van der Waals surface area contributed by atoms with E-state index in [4.69, 9.17) is 10.00 Å². The molecule has 2 fully saturated rings. The van der Waals surface area contributed by atoms with Gasteiger partial charge in [-0.15, -0.1) is 0 Å². The average Bonchev–Trinajstić information content (AvgIpc) is 2.49. The lowest BCUT2D eigenvalue weighted by atomic mass is 9.84. The van der Waals surface area contributed by atoms with Crippen LogP contribution in [0.5, 0.6) is 0 Å². The second-order valence-corrected chi connectivity index (χ2v) is 4.72. The first-order valence-corrected chi connectivity index (χ1v) is 5.64. The molecule has 0 radical (unpaired) electrons. The number of hydrogen-bond donors (Lipinski definition) is 0. The van der Waals surface area contributed by atoms with Gasteiger partial charge >= 0.3 is 0 Å². The number of nitrogens with zero attached hydrogens (tertiary/aromatic N) is 1. The summed E-state index contributed by atoms with van der Waals surface area (Å²) in [5.74, 6) is 2.49. The molecule has 0 aromatic carbocycles. The summed E-state index contributed by atoms with van der Waals surface area (Å²) >= 11 is 1.98. The highest BCUT2D eigenvalue weighted by molar-refractivity contribution is 7.99. The van der Waals surface area contributed by atoms with Gasteiger partial charge in [0.1, 0.15) is 0 Å². The van der Waals surface area contributed by atoms with Gasteiger partial charge in [0.25, 0.3) is 0 Å². The standard InChI is InChI=1S/C9H13NOS/c10-7-8-1-4-11-9(8)2-5-12-6-3-9/h8H,1-6H2. The lowest BCUT2D eigenvalue weighted by Gasteiger charge is -2.34. The van der Waals surface area contributed by atoms with Crippen LogP contribution in [0.25, 0.3) is 0 Å². The van der Waals surface area contributed by atoms with Crippen LogP contribution in [0.2, 0.25) is 0 Å². The van der Waals surface area contributed by atoms with Crippen molar-refractivity contribution in [3.63, 3.8) is 0 Å². The van der Waals surface area contributed by atoms with Gasteiger partial charge < -0.3 is 4.74 Å². The molecule has 2 nitrogen and oxygen atoms in total. The van der Waals surface area contributed by atoms with Crippen LogP contribution in [0.1, 0.15) is 19.3 Å². The summed E-state index contributed by atoms with van der Waals surface area (Å²) < 4.78 is 5.75. The molecule has 0 aromatic rings. The van der Waals surface area contributed by atoms with Crippen molar-refractivity contribution < 1.29 is 4.74 Å². The van der Waals surface area contributed by atoms with Gasteiger partial charge in [-0.05, 0) is 30.8 Å². The molecule has 0 saturated carbocycles. The predicted molar refractivity (Wildman–Crippen MR) is 49.0 cm³/mol. The van der Waals surface area contributed by atoms with Crippen LogP contribution in [0.15, 0.2) is 0 Å². The van der Waals surface area contributed by atoms with E-state index in [0.29, 0.717) is 0 Å². The van der Waals surface area contributed by atoms with Crippen molar-refractivity contribution in [2.75, 3.05) is 18.1 Å². The molecule has 66 valence electrons. The lowest BCUT2D eigenvalue weighted by Crippen LogP contribution is -2.38. The van der Waals surface area contributed by atoms with E-state index < -0.39 is 0 Å². The van der Waals surface area contributed by atoms with Crippen LogP contribution in [-0.2, 0) is 4.74 Å². The van der Waals surface area contributed by atoms with E-state index in [2.05, 4.69) is 6.07 Å². The fourth-order valence-corrected chi connectivity index (χ4v) is 3.32. The van der Waals surface area contributed by atoms with Gasteiger partial charge in [-0.2, -0.15) is 17.0 Å². The molecule has 2 heterocycles. The third-order valence-corrected chi connectivity index (χ3v) is 3.91. The van der Waals surface area contributed by atoms with Gasteiger partial charge in [0.2, 0.25) is 0 Å². The summed E-state index contributed by atoms with van der Waals surface area (Å²) in [6, 6.07) is 2.39. The number of nitriles is 1. The van der Waals surface area contributed by atoms with Crippen LogP contribution >= 0.6 is 11.8 Å². The normalized spacial score (nSPS) is 33.4. The molecule has 0 bridgehead atoms. The maximum atomic E-state index is 8.95. The van der Waals surface area contributed by atoms with Gasteiger partial charge in [0, 0.05) is 6.61 Å². The average molecular weight is 183 g/mol. The monoisotopic (exact) mass is 183 g/mol. The van der Waals surface area contributed by atoms with Gasteiger partial charge in [-0.3, -0.25) is 0 Å². The van der Waals surface area contributed by atoms with Crippen molar-refractivity contribution in [3.05, 3.63) is 0 Å². The highest BCUT2D eigenvalue weighted by atomic mass is 32.2. The number of rotatable bonds is 0. The fourth-order valence-electron chi connectivity index (χ4n) is 2.14. The van der Waals surface area contributed by atoms with Crippen molar-refractivity contribution in [1.82, 2.24) is 0 Å². The van der Waals surface area contributed by atoms with Crippen molar-refractivity contribution >= 4 is 11.8 Å². The molecular formula is C9H13NOS. The SMILES string of the molecule is N#CC1CCOC12CCSCC2. The first-order valence-electron chi connectivity index (χ1n) is 4.49. The minimum atomic E-state index is -0.0417. The zero-order valence-corrected chi connectivity index (χ0v) is 7.90. The fraction of sp³-hybridized carbons (Fsp3) is 0.889. The quantitative estimate of drug-likeness (QED) is 0.574. The maximum Gasteiger partial charge on any atom is 0.0856 e. The first kappa shape index (κ1) is 8.40. The smallest absolute Gasteiger partial charge is 0.0856 e. The van der Waals surface area contributed by atoms with E-state index in [-0.39, 0.29) is 11.5 Å². The maximum absolute atomic E-state index is 8.95. The van der Waals surface area contributed by atoms with Crippen molar-refractivity contribution in [3.8, 4) is 6.07 Å². The Morgan fingerprint density at radius 3 is 2.83 bits per heavy atom. The Kier molecular flexibility index (Phi) is 2.29. The Labute approximate surface area is 77.3 Å². The van der Waals surface area contributed by atoms with Crippen LogP contribution in [-0.4, -0.2) is 23.7 Å². The van der Waals surface area contributed by atoms with Crippen LogP contribution in [0, 0.1) is 17.2 Å². The summed E-state index contributed by atoms with van der Waals surface area (Å²) in [5, 5.41) is 8.95. The zero-order chi connectivity index (χ0) is 8.44. The highest BCUT2D eigenvalue weighted by Crippen LogP contribution is 2.42. The molecule has 0 N–H and O–H groups in total. The number of hydrogen-bond acceptors (Lipinski definition) is 3. The summed E-state index contributed by atoms with van der Waals surface area (Å²) in [6.45, 7) is 0.795. The molecule has 1 spiro atoms. The molecule has 1 atom stereocenters. The minimum absolute atomic E-state index is 0.0417. The second-order valence-electron chi connectivity index (χ2n) is 3.50. The summed E-state index contributed by atoms with van der Waals surface area (Å²) in [6.07, 6.45) is 3.10. The number of ether oxygens (including phenoxy) is 1. The number of thioether (sulfide) groups is 1. The molecule has 0 amide bonds. The minimum Gasteiger partial charge on any atom is -0.374 e. The summed E-state index contributed by atoms with van der Waals surface area (Å²) in [5.41, 5.74) is -0.0417. The van der Waals surface area contributed by atoms with Crippen LogP contribution < -0.4 is 0 Å². The van der Waals surface area contributed by atoms with E-state index in [0.717, 1.165) is 37.4 Å². The second kappa shape index (κ2) is 3.27. The Bertz CT molecular complexity index is 205. The molecule has 12 heavy (non-hydrogen) atoms. The van der Waals surface area contributed by atoms with Crippen molar-refractivity contribution in [2.45, 2.75) is 24.9 Å². The van der Waals surface area contributed by atoms with Crippen LogP contribution in [0.3, 0.4) is 0 Å². The Hall–Kier alpha value is -0.200. The van der Waals surface area contributed by atoms with E-state index in [1.54, 1.807) is 0 Å². The summed E-state index contributed by atoms with van der Waals surface area (Å²) in [7, 11) is 0. The van der Waals surface area contributed by atoms with Gasteiger partial charge in [0.15, 0.2) is 0 Å². The van der Waals surface area contributed by atoms with Gasteiger partial charge in [-0.1, -0.05) is 0 Å². The lowest BCUT2D eigenvalue weighted by molar-refractivity contribution is -0.0168. The van der Waals surface area contributed by atoms with Gasteiger partial charge in [0.05, 0.1) is 17.6 Å². The van der Waals surface area contributed by atoms with E-state index >= 15 is 0 Å². The third-order valence-electron chi connectivity index (χ3n) is 2.93. The molecule has 2 aliphatic heterocycles. The van der Waals surface area contributed by atoms with Crippen molar-refractivity contribution in [2.24, 2.45) is 5.92 Å². The molecule has 3 heteroatoms. The van der Waals surface area contributed by atoms with E-state index in [1.165, 1.54) is 0 Å². The topological polar surface area (TPSA) is 33.0 Å². The molecule has 1 unspecified atom stereocenters. The van der Waals surface area contributed by atoms with E-state index in [9.17, 15) is 0 Å². The zero-order valence-electron chi connectivity index (χ0n) is 7.08. The van der Waals surface area contributed by atoms with E-state index in [1.807, 2.05) is 11.8 Å². The molecule has 0 aromatic heterocycles. The molecule has 2 aliphatic rings. The predicted octanol–water partition coefficient (Wildman–Crippen LogP) is 1.81. The Balaban J connectivity index is 2.12. The summed E-state index contributed by atoms with van der Waals surface area (Å²) in [4.78, 5) is 0. The van der Waals surface area contributed by atoms with Crippen molar-refractivity contribution in [1.29, 1.82) is 5.26 Å². The van der Waals surface area contributed by atoms with Gasteiger partial charge in [-0.25, -0.2) is 0 Å². The highest BCUT2D eigenvalue weighted by Gasteiger charge is 2.45. The molecular weight excluding hydrogens is 170 g/mol. The first-order chi connectivity index (χ1) is 5.87. The Morgan fingerprint density at radius 1 is 1.42 bits per heavy atom. The molecule has 0 aliphatic carbocycles. The Morgan fingerprint density at radius 2 is 2.17 bits per heavy atom. The molecule has 2 saturated heterocycles. The third kappa shape index (κ3) is 1.23.